The Hall–Kier alpha value is -2.33. The Labute approximate surface area is 185 Å². The summed E-state index contributed by atoms with van der Waals surface area (Å²) >= 11 is 0. The lowest BCUT2D eigenvalue weighted by molar-refractivity contribution is -0.137. The summed E-state index contributed by atoms with van der Waals surface area (Å²) < 4.78 is 44.8. The number of anilines is 1. The number of aliphatic hydroxyl groups excluding tert-OH is 1. The fourth-order valence-electron chi connectivity index (χ4n) is 4.25. The van der Waals surface area contributed by atoms with Crippen molar-refractivity contribution in [1.29, 1.82) is 0 Å². The SMILES string of the molecule is Oc1ccccc1CN[C@H]1CO[C@@H](CN2CCN(c3cccc(C(F)(F)F)c3)CC2)[C@@H]1O. The lowest BCUT2D eigenvalue weighted by Crippen LogP contribution is -2.51. The molecule has 2 aromatic rings. The van der Waals surface area contributed by atoms with Crippen LogP contribution in [0.1, 0.15) is 11.1 Å². The van der Waals surface area contributed by atoms with E-state index in [4.69, 9.17) is 4.74 Å². The average Bonchev–Trinajstić information content (AvgIpc) is 3.12. The molecule has 0 aliphatic carbocycles. The van der Waals surface area contributed by atoms with Gasteiger partial charge in [-0.1, -0.05) is 24.3 Å². The molecule has 3 atom stereocenters. The maximum Gasteiger partial charge on any atom is 0.416 e. The smallest absolute Gasteiger partial charge is 0.416 e. The quantitative estimate of drug-likeness (QED) is 0.627. The monoisotopic (exact) mass is 451 g/mol. The van der Waals surface area contributed by atoms with Crippen LogP contribution in [-0.2, 0) is 17.5 Å². The summed E-state index contributed by atoms with van der Waals surface area (Å²) in [5.74, 6) is 0.212. The lowest BCUT2D eigenvalue weighted by Gasteiger charge is -2.37. The number of hydrogen-bond donors (Lipinski definition) is 3. The first-order chi connectivity index (χ1) is 15.3. The largest absolute Gasteiger partial charge is 0.508 e. The van der Waals surface area contributed by atoms with Crippen LogP contribution in [0.15, 0.2) is 48.5 Å². The molecule has 6 nitrogen and oxygen atoms in total. The van der Waals surface area contributed by atoms with Gasteiger partial charge in [0.05, 0.1) is 30.4 Å². The summed E-state index contributed by atoms with van der Waals surface area (Å²) in [4.78, 5) is 4.12. The highest BCUT2D eigenvalue weighted by atomic mass is 19.4. The van der Waals surface area contributed by atoms with Gasteiger partial charge in [0.25, 0.3) is 0 Å². The normalized spacial score (nSPS) is 24.8. The zero-order chi connectivity index (χ0) is 22.7. The topological polar surface area (TPSA) is 68.2 Å². The number of benzene rings is 2. The molecule has 2 aliphatic heterocycles. The number of alkyl halides is 3. The molecule has 0 saturated carbocycles. The van der Waals surface area contributed by atoms with Crippen molar-refractivity contribution in [2.24, 2.45) is 0 Å². The van der Waals surface area contributed by atoms with E-state index in [1.165, 1.54) is 12.1 Å². The Balaban J connectivity index is 1.25. The van der Waals surface area contributed by atoms with Crippen molar-refractivity contribution in [3.63, 3.8) is 0 Å². The highest BCUT2D eigenvalue weighted by molar-refractivity contribution is 5.49. The fraction of sp³-hybridized carbons (Fsp3) is 0.478. The molecule has 2 heterocycles. The first-order valence-electron chi connectivity index (χ1n) is 10.8. The van der Waals surface area contributed by atoms with E-state index in [1.807, 2.05) is 17.0 Å². The number of aliphatic hydroxyl groups is 1. The van der Waals surface area contributed by atoms with Gasteiger partial charge in [0, 0.05) is 50.5 Å². The lowest BCUT2D eigenvalue weighted by atomic mass is 10.1. The minimum atomic E-state index is -4.35. The molecule has 2 aliphatic rings. The molecule has 0 radical (unpaired) electrons. The molecule has 0 spiro atoms. The van der Waals surface area contributed by atoms with Crippen LogP contribution in [0.3, 0.4) is 0 Å². The number of nitrogens with zero attached hydrogens (tertiary/aromatic N) is 2. The Morgan fingerprint density at radius 3 is 2.50 bits per heavy atom. The van der Waals surface area contributed by atoms with Crippen molar-refractivity contribution >= 4 is 5.69 Å². The number of para-hydroxylation sites is 1. The van der Waals surface area contributed by atoms with Crippen LogP contribution in [0.2, 0.25) is 0 Å². The van der Waals surface area contributed by atoms with Crippen LogP contribution in [-0.4, -0.2) is 72.7 Å². The number of hydrogen-bond acceptors (Lipinski definition) is 6. The van der Waals surface area contributed by atoms with Crippen molar-refractivity contribution in [2.45, 2.75) is 31.0 Å². The molecule has 4 rings (SSSR count). The van der Waals surface area contributed by atoms with Crippen molar-refractivity contribution in [3.05, 3.63) is 59.7 Å². The van der Waals surface area contributed by atoms with Gasteiger partial charge in [0.1, 0.15) is 5.75 Å². The van der Waals surface area contributed by atoms with Gasteiger partial charge in [0.2, 0.25) is 0 Å². The summed E-state index contributed by atoms with van der Waals surface area (Å²) in [6.45, 7) is 3.95. The van der Waals surface area contributed by atoms with E-state index in [1.54, 1.807) is 18.2 Å². The molecular weight excluding hydrogens is 423 g/mol. The molecule has 2 saturated heterocycles. The number of phenolic OH excluding ortho intramolecular Hbond substituents is 1. The van der Waals surface area contributed by atoms with Gasteiger partial charge >= 0.3 is 6.18 Å². The van der Waals surface area contributed by atoms with E-state index in [-0.39, 0.29) is 17.9 Å². The third-order valence-corrected chi connectivity index (χ3v) is 6.18. The summed E-state index contributed by atoms with van der Waals surface area (Å²) in [6, 6.07) is 12.3. The summed E-state index contributed by atoms with van der Waals surface area (Å²) in [5, 5.41) is 23.8. The zero-order valence-corrected chi connectivity index (χ0v) is 17.6. The van der Waals surface area contributed by atoms with E-state index in [0.29, 0.717) is 51.6 Å². The Morgan fingerprint density at radius 2 is 1.78 bits per heavy atom. The second-order valence-electron chi connectivity index (χ2n) is 8.31. The van der Waals surface area contributed by atoms with E-state index < -0.39 is 17.8 Å². The summed E-state index contributed by atoms with van der Waals surface area (Å²) in [7, 11) is 0. The van der Waals surface area contributed by atoms with Gasteiger partial charge < -0.3 is 25.2 Å². The number of ether oxygens (including phenoxy) is 1. The predicted octanol–water partition coefficient (Wildman–Crippen LogP) is 2.45. The standard InChI is InChI=1S/C23H28F3N3O3/c24-23(25,26)17-5-3-6-18(12-17)29-10-8-28(9-11-29)14-21-22(31)19(15-32-21)27-13-16-4-1-2-7-20(16)30/h1-7,12,19,21-22,27,30-31H,8-11,13-15H2/t19-,21-,22+/m0/s1. The first kappa shape index (κ1) is 22.8. The maximum absolute atomic E-state index is 13.0. The van der Waals surface area contributed by atoms with Crippen LogP contribution < -0.4 is 10.2 Å². The van der Waals surface area contributed by atoms with Gasteiger partial charge in [0.15, 0.2) is 0 Å². The van der Waals surface area contributed by atoms with E-state index in [9.17, 15) is 23.4 Å². The van der Waals surface area contributed by atoms with Crippen molar-refractivity contribution in [3.8, 4) is 5.75 Å². The Bertz CT molecular complexity index is 903. The predicted molar refractivity (Wildman–Crippen MR) is 115 cm³/mol. The number of phenols is 1. The third-order valence-electron chi connectivity index (χ3n) is 6.18. The molecule has 9 heteroatoms. The van der Waals surface area contributed by atoms with E-state index in [0.717, 1.165) is 11.6 Å². The number of piperazine rings is 1. The van der Waals surface area contributed by atoms with E-state index in [2.05, 4.69) is 10.2 Å². The van der Waals surface area contributed by atoms with Crippen LogP contribution >= 0.6 is 0 Å². The second-order valence-corrected chi connectivity index (χ2v) is 8.31. The fourth-order valence-corrected chi connectivity index (χ4v) is 4.25. The van der Waals surface area contributed by atoms with Crippen LogP contribution in [0, 0.1) is 0 Å². The summed E-state index contributed by atoms with van der Waals surface area (Å²) in [5.41, 5.74) is 0.696. The molecule has 2 fully saturated rings. The molecule has 32 heavy (non-hydrogen) atoms. The number of nitrogens with one attached hydrogen (secondary N) is 1. The number of aromatic hydroxyl groups is 1. The average molecular weight is 451 g/mol. The maximum atomic E-state index is 13.0. The van der Waals surface area contributed by atoms with Crippen molar-refractivity contribution < 1.29 is 28.1 Å². The molecule has 0 unspecified atom stereocenters. The molecule has 174 valence electrons. The zero-order valence-electron chi connectivity index (χ0n) is 17.6. The van der Waals surface area contributed by atoms with Crippen LogP contribution in [0.4, 0.5) is 18.9 Å². The molecule has 0 amide bonds. The van der Waals surface area contributed by atoms with Gasteiger partial charge in [-0.05, 0) is 24.3 Å². The molecule has 0 bridgehead atoms. The van der Waals surface area contributed by atoms with Gasteiger partial charge in [-0.15, -0.1) is 0 Å². The van der Waals surface area contributed by atoms with Crippen molar-refractivity contribution in [2.75, 3.05) is 44.2 Å². The summed E-state index contributed by atoms with van der Waals surface area (Å²) in [6.07, 6.45) is -5.36. The minimum absolute atomic E-state index is 0.212. The Kier molecular flexibility index (Phi) is 6.90. The second kappa shape index (κ2) is 9.66. The molecular formula is C23H28F3N3O3. The van der Waals surface area contributed by atoms with Gasteiger partial charge in [-0.2, -0.15) is 13.2 Å². The Morgan fingerprint density at radius 1 is 1.03 bits per heavy atom. The van der Waals surface area contributed by atoms with Crippen molar-refractivity contribution in [1.82, 2.24) is 10.2 Å². The van der Waals surface area contributed by atoms with Gasteiger partial charge in [-0.25, -0.2) is 0 Å². The first-order valence-corrected chi connectivity index (χ1v) is 10.8. The highest BCUT2D eigenvalue weighted by Crippen LogP contribution is 2.32. The molecule has 0 aromatic heterocycles. The highest BCUT2D eigenvalue weighted by Gasteiger charge is 2.37. The van der Waals surface area contributed by atoms with E-state index >= 15 is 0 Å². The molecule has 2 aromatic carbocycles. The third kappa shape index (κ3) is 5.35. The van der Waals surface area contributed by atoms with Gasteiger partial charge in [-0.3, -0.25) is 4.90 Å². The molecule has 3 N–H and O–H groups in total. The number of halogens is 3. The number of rotatable bonds is 6. The van der Waals surface area contributed by atoms with Crippen LogP contribution in [0.5, 0.6) is 5.75 Å². The van der Waals surface area contributed by atoms with Crippen LogP contribution in [0.25, 0.3) is 0 Å². The minimum Gasteiger partial charge on any atom is -0.508 e.